The van der Waals surface area contributed by atoms with Crippen LogP contribution in [0, 0.1) is 5.82 Å². The monoisotopic (exact) mass is 544 g/mol. The van der Waals surface area contributed by atoms with E-state index in [4.69, 9.17) is 19.7 Å². The van der Waals surface area contributed by atoms with Crippen LogP contribution in [0.15, 0.2) is 24.4 Å². The van der Waals surface area contributed by atoms with Gasteiger partial charge in [0.2, 0.25) is 0 Å². The third-order valence-electron chi connectivity index (χ3n) is 7.60. The van der Waals surface area contributed by atoms with Crippen molar-refractivity contribution in [1.82, 2.24) is 25.1 Å². The molecule has 1 unspecified atom stereocenters. The highest BCUT2D eigenvalue weighted by Crippen LogP contribution is 2.46. The first kappa shape index (κ1) is 24.0. The molecule has 5 heterocycles. The second-order valence-electron chi connectivity index (χ2n) is 10.2. The largest absolute Gasteiger partial charge is 0.416 e. The van der Waals surface area contributed by atoms with E-state index in [1.807, 2.05) is 6.20 Å². The molecule has 7 rings (SSSR count). The van der Waals surface area contributed by atoms with Crippen molar-refractivity contribution in [2.24, 2.45) is 0 Å². The molecule has 2 atom stereocenters. The molecule has 198 valence electrons. The molecule has 1 N–H and O–H groups in total. The van der Waals surface area contributed by atoms with Crippen molar-refractivity contribution in [2.75, 3.05) is 24.6 Å². The molecule has 2 aliphatic heterocycles. The van der Waals surface area contributed by atoms with Gasteiger partial charge in [-0.25, -0.2) is 14.4 Å². The Morgan fingerprint density at radius 1 is 1.05 bits per heavy atom. The molecular weight excluding hydrogens is 520 g/mol. The minimum absolute atomic E-state index is 0.0138. The molecule has 1 aliphatic carbocycles. The molecule has 7 nitrogen and oxygen atoms in total. The smallest absolute Gasteiger partial charge is 0.373 e. The van der Waals surface area contributed by atoms with Crippen molar-refractivity contribution >= 4 is 26.8 Å². The van der Waals surface area contributed by atoms with Crippen LogP contribution >= 0.6 is 11.3 Å². The van der Waals surface area contributed by atoms with E-state index < -0.39 is 17.6 Å². The zero-order valence-electron chi connectivity index (χ0n) is 20.3. The minimum atomic E-state index is -4.63. The number of nitrogens with one attached hydrogen (secondary N) is 1. The fourth-order valence-electron chi connectivity index (χ4n) is 5.22. The highest BCUT2D eigenvalue weighted by atomic mass is 32.1. The Hall–Kier alpha value is -3.12. The van der Waals surface area contributed by atoms with E-state index in [2.05, 4.69) is 15.1 Å². The summed E-state index contributed by atoms with van der Waals surface area (Å²) in [7, 11) is 0. The lowest BCUT2D eigenvalue weighted by molar-refractivity contribution is -0.137. The number of alkyl halides is 3. The van der Waals surface area contributed by atoms with Gasteiger partial charge in [-0.3, -0.25) is 5.10 Å². The van der Waals surface area contributed by atoms with Crippen molar-refractivity contribution in [3.05, 3.63) is 52.9 Å². The van der Waals surface area contributed by atoms with Gasteiger partial charge in [-0.15, -0.1) is 0 Å². The van der Waals surface area contributed by atoms with E-state index in [0.717, 1.165) is 60.9 Å². The number of ether oxygens (including phenoxy) is 1. The Bertz CT molecular complexity index is 1510. The number of anilines is 1. The molecule has 38 heavy (non-hydrogen) atoms. The lowest BCUT2D eigenvalue weighted by Gasteiger charge is -2.30. The average molecular weight is 545 g/mol. The van der Waals surface area contributed by atoms with E-state index >= 15 is 4.39 Å². The summed E-state index contributed by atoms with van der Waals surface area (Å²) in [6.45, 7) is 2.26. The number of rotatable bonds is 5. The molecule has 0 amide bonds. The Kier molecular flexibility index (Phi) is 5.66. The molecule has 1 aromatic carbocycles. The summed E-state index contributed by atoms with van der Waals surface area (Å²) in [6.07, 6.45) is 1.71. The lowest BCUT2D eigenvalue weighted by atomic mass is 9.90. The van der Waals surface area contributed by atoms with Crippen molar-refractivity contribution < 1.29 is 22.3 Å². The predicted octanol–water partition coefficient (Wildman–Crippen LogP) is 6.36. The van der Waals surface area contributed by atoms with Crippen LogP contribution in [0.2, 0.25) is 0 Å². The number of fused-ring (bicyclic) bond motifs is 1. The summed E-state index contributed by atoms with van der Waals surface area (Å²) in [5.41, 5.74) is 1.82. The van der Waals surface area contributed by atoms with Crippen LogP contribution in [0.25, 0.3) is 21.6 Å². The summed E-state index contributed by atoms with van der Waals surface area (Å²) < 4.78 is 61.5. The second-order valence-corrected chi connectivity index (χ2v) is 11.2. The van der Waals surface area contributed by atoms with Crippen LogP contribution in [0.3, 0.4) is 0 Å². The van der Waals surface area contributed by atoms with Crippen LogP contribution in [0.4, 0.5) is 22.7 Å². The third kappa shape index (κ3) is 4.23. The molecule has 1 saturated carbocycles. The maximum atomic E-state index is 15.2. The summed E-state index contributed by atoms with van der Waals surface area (Å²) in [5.74, 6) is -0.0680. The van der Waals surface area contributed by atoms with Crippen molar-refractivity contribution in [3.63, 3.8) is 0 Å². The maximum Gasteiger partial charge on any atom is 0.416 e. The van der Waals surface area contributed by atoms with Gasteiger partial charge in [0.25, 0.3) is 0 Å². The molecule has 4 aromatic rings. The van der Waals surface area contributed by atoms with Gasteiger partial charge in [0, 0.05) is 48.9 Å². The molecule has 0 bridgehead atoms. The summed E-state index contributed by atoms with van der Waals surface area (Å²) in [4.78, 5) is 16.4. The fraction of sp³-hybridized carbons (Fsp3) is 0.462. The Morgan fingerprint density at radius 2 is 1.89 bits per heavy atom. The van der Waals surface area contributed by atoms with Gasteiger partial charge in [0.15, 0.2) is 10.8 Å². The van der Waals surface area contributed by atoms with E-state index in [1.165, 1.54) is 11.3 Å². The van der Waals surface area contributed by atoms with Gasteiger partial charge in [-0.05, 0) is 50.3 Å². The highest BCUT2D eigenvalue weighted by molar-refractivity contribution is 7.22. The van der Waals surface area contributed by atoms with Crippen molar-refractivity contribution in [3.8, 4) is 11.3 Å². The van der Waals surface area contributed by atoms with Crippen LogP contribution in [0.5, 0.6) is 0 Å². The lowest BCUT2D eigenvalue weighted by Crippen LogP contribution is -2.36. The number of nitrogens with zero attached hydrogens (tertiary/aromatic N) is 5. The van der Waals surface area contributed by atoms with Crippen molar-refractivity contribution in [1.29, 1.82) is 0 Å². The molecule has 12 heteroatoms. The quantitative estimate of drug-likeness (QED) is 0.295. The fourth-order valence-corrected chi connectivity index (χ4v) is 6.28. The average Bonchev–Trinajstić information content (AvgIpc) is 3.43. The first-order chi connectivity index (χ1) is 18.3. The first-order valence-corrected chi connectivity index (χ1v) is 13.6. The Balaban J connectivity index is 1.29. The van der Waals surface area contributed by atoms with Gasteiger partial charge < -0.3 is 9.64 Å². The molecule has 3 aliphatic rings. The summed E-state index contributed by atoms with van der Waals surface area (Å²) in [5, 5.41) is 8.18. The second kappa shape index (κ2) is 8.98. The maximum absolute atomic E-state index is 15.2. The van der Waals surface area contributed by atoms with E-state index in [1.54, 1.807) is 0 Å². The SMILES string of the molecule is Fc1cc(C(F)(F)F)ccc1-c1nc(C2CCO[C@@H](c3c[nH]nc3C3CC3)C2)nc2nc(N3CCC3)sc12. The number of hydrogen-bond donors (Lipinski definition) is 1. The summed E-state index contributed by atoms with van der Waals surface area (Å²) >= 11 is 1.35. The van der Waals surface area contributed by atoms with Gasteiger partial charge in [0.1, 0.15) is 16.3 Å². The standard InChI is InChI=1S/C26H24F4N6OS/c27-18-11-15(26(28,29)30)4-5-16(18)21-22-24(34-25(38-22)36-7-1-8-36)33-23(32-21)14-6-9-37-19(10-14)17-12-31-35-20(17)13-2-3-13/h4-5,11-14,19H,1-3,6-10H2,(H,31,35)/t14?,19-/m1/s1. The zero-order chi connectivity index (χ0) is 26.0. The van der Waals surface area contributed by atoms with Crippen LogP contribution in [-0.2, 0) is 10.9 Å². The molecular formula is C26H24F4N6OS. The third-order valence-corrected chi connectivity index (χ3v) is 8.71. The Labute approximate surface area is 219 Å². The van der Waals surface area contributed by atoms with Gasteiger partial charge in [-0.2, -0.15) is 23.3 Å². The van der Waals surface area contributed by atoms with Crippen LogP contribution < -0.4 is 4.90 Å². The highest BCUT2D eigenvalue weighted by Gasteiger charge is 2.36. The van der Waals surface area contributed by atoms with Gasteiger partial charge in [0.05, 0.1) is 23.1 Å². The Morgan fingerprint density at radius 3 is 2.61 bits per heavy atom. The van der Waals surface area contributed by atoms with Crippen LogP contribution in [-0.4, -0.2) is 44.8 Å². The van der Waals surface area contributed by atoms with E-state index in [0.29, 0.717) is 47.6 Å². The number of aromatic amines is 1. The molecule has 3 fully saturated rings. The number of thiazole rings is 1. The molecule has 3 aromatic heterocycles. The van der Waals surface area contributed by atoms with Crippen molar-refractivity contribution in [2.45, 2.75) is 56.2 Å². The number of H-pyrrole nitrogens is 1. The number of halogens is 4. The summed E-state index contributed by atoms with van der Waals surface area (Å²) in [6, 6.07) is 2.59. The number of hydrogen-bond acceptors (Lipinski definition) is 7. The number of benzene rings is 1. The molecule has 0 radical (unpaired) electrons. The normalized spacial score (nSPS) is 22.2. The topological polar surface area (TPSA) is 79.8 Å². The van der Waals surface area contributed by atoms with Gasteiger partial charge in [-0.1, -0.05) is 11.3 Å². The zero-order valence-corrected chi connectivity index (χ0v) is 21.1. The van der Waals surface area contributed by atoms with E-state index in [-0.39, 0.29) is 23.3 Å². The van der Waals surface area contributed by atoms with Crippen LogP contribution in [0.1, 0.15) is 72.7 Å². The minimum Gasteiger partial charge on any atom is -0.373 e. The van der Waals surface area contributed by atoms with E-state index in [9.17, 15) is 13.2 Å². The predicted molar refractivity (Wildman–Crippen MR) is 134 cm³/mol. The molecule has 2 saturated heterocycles. The molecule has 0 spiro atoms. The first-order valence-electron chi connectivity index (χ1n) is 12.8. The number of aromatic nitrogens is 5. The van der Waals surface area contributed by atoms with Gasteiger partial charge >= 0.3 is 6.18 Å².